The van der Waals surface area contributed by atoms with E-state index in [1.165, 1.54) is 26.3 Å². The van der Waals surface area contributed by atoms with Crippen molar-refractivity contribution < 1.29 is 23.6 Å². The van der Waals surface area contributed by atoms with Crippen molar-refractivity contribution in [2.24, 2.45) is 5.92 Å². The third-order valence-electron chi connectivity index (χ3n) is 7.02. The summed E-state index contributed by atoms with van der Waals surface area (Å²) in [6.07, 6.45) is 2.53. The average Bonchev–Trinajstić information content (AvgIpc) is 3.18. The van der Waals surface area contributed by atoms with Crippen molar-refractivity contribution in [2.75, 3.05) is 45.7 Å². The van der Waals surface area contributed by atoms with Gasteiger partial charge in [0, 0.05) is 39.4 Å². The molecule has 186 valence electrons. The number of anilines is 1. The summed E-state index contributed by atoms with van der Waals surface area (Å²) < 4.78 is 13.2. The molecule has 0 N–H and O–H groups in total. The van der Waals surface area contributed by atoms with Crippen molar-refractivity contribution in [3.05, 3.63) is 63.9 Å². The zero-order valence-corrected chi connectivity index (χ0v) is 20.8. The number of hydrogen-bond donors (Lipinski definition) is 0. The largest absolute Gasteiger partial charge is 0.373 e. The quantitative estimate of drug-likeness (QED) is 0.446. The van der Waals surface area contributed by atoms with E-state index < -0.39 is 17.6 Å². The second-order valence-corrected chi connectivity index (χ2v) is 9.65. The molecule has 2 amide bonds. The van der Waals surface area contributed by atoms with Gasteiger partial charge in [-0.05, 0) is 60.6 Å². The molecule has 7 nitrogen and oxygen atoms in total. The molecule has 2 aliphatic heterocycles. The van der Waals surface area contributed by atoms with E-state index in [1.807, 2.05) is 11.9 Å². The molecule has 9 heteroatoms. The molecule has 2 aliphatic rings. The third-order valence-corrected chi connectivity index (χ3v) is 7.33. The number of piperidine rings is 1. The molecule has 1 fully saturated rings. The Kier molecular flexibility index (Phi) is 7.42. The number of hydrogen-bond acceptors (Lipinski definition) is 5. The van der Waals surface area contributed by atoms with Crippen LogP contribution in [-0.2, 0) is 20.8 Å². The van der Waals surface area contributed by atoms with Gasteiger partial charge in [0.1, 0.15) is 5.82 Å². The summed E-state index contributed by atoms with van der Waals surface area (Å²) in [6.45, 7) is 1.51. The highest BCUT2D eigenvalue weighted by Gasteiger charge is 2.38. The Morgan fingerprint density at radius 3 is 2.43 bits per heavy atom. The number of hydroxylamine groups is 2. The summed E-state index contributed by atoms with van der Waals surface area (Å²) in [4.78, 5) is 47.2. The molecule has 0 saturated carbocycles. The zero-order chi connectivity index (χ0) is 25.3. The Bertz CT molecular complexity index is 1130. The lowest BCUT2D eigenvalue weighted by molar-refractivity contribution is -0.173. The van der Waals surface area contributed by atoms with Crippen molar-refractivity contribution in [2.45, 2.75) is 25.2 Å². The van der Waals surface area contributed by atoms with Crippen LogP contribution in [0.25, 0.3) is 0 Å². The second-order valence-electron chi connectivity index (χ2n) is 9.24. The van der Waals surface area contributed by atoms with Gasteiger partial charge in [-0.1, -0.05) is 23.7 Å². The molecule has 0 spiro atoms. The number of likely N-dealkylation sites (N-methyl/N-ethyl adjacent to an activating group) is 2. The van der Waals surface area contributed by atoms with Crippen LogP contribution in [0.3, 0.4) is 0 Å². The van der Waals surface area contributed by atoms with Crippen LogP contribution in [0.4, 0.5) is 10.1 Å². The second kappa shape index (κ2) is 10.3. The molecule has 0 aromatic heterocycles. The topological polar surface area (TPSA) is 70.2 Å². The van der Waals surface area contributed by atoms with Gasteiger partial charge in [0.2, 0.25) is 5.78 Å². The fourth-order valence-electron chi connectivity index (χ4n) is 4.90. The van der Waals surface area contributed by atoms with Gasteiger partial charge in [-0.2, -0.15) is 0 Å². The van der Waals surface area contributed by atoms with Gasteiger partial charge in [-0.25, -0.2) is 9.45 Å². The molecular weight excluding hydrogens is 473 g/mol. The van der Waals surface area contributed by atoms with Crippen molar-refractivity contribution in [3.8, 4) is 0 Å². The van der Waals surface area contributed by atoms with E-state index in [2.05, 4.69) is 0 Å². The maximum atomic E-state index is 13.4. The monoisotopic (exact) mass is 501 g/mol. The minimum Gasteiger partial charge on any atom is -0.373 e. The third kappa shape index (κ3) is 5.18. The highest BCUT2D eigenvalue weighted by atomic mass is 35.5. The summed E-state index contributed by atoms with van der Waals surface area (Å²) in [5.41, 5.74) is 2.78. The van der Waals surface area contributed by atoms with E-state index in [0.29, 0.717) is 41.7 Å². The molecule has 0 radical (unpaired) electrons. The first-order chi connectivity index (χ1) is 16.7. The van der Waals surface area contributed by atoms with E-state index in [4.69, 9.17) is 16.4 Å². The predicted octanol–water partition coefficient (Wildman–Crippen LogP) is 3.70. The first-order valence-corrected chi connectivity index (χ1v) is 12.0. The predicted molar refractivity (Wildman–Crippen MR) is 131 cm³/mol. The molecule has 2 aromatic carbocycles. The van der Waals surface area contributed by atoms with Gasteiger partial charge in [0.15, 0.2) is 0 Å². The lowest BCUT2D eigenvalue weighted by Crippen LogP contribution is -2.39. The van der Waals surface area contributed by atoms with Crippen LogP contribution < -0.4 is 4.90 Å². The van der Waals surface area contributed by atoms with Crippen LogP contribution in [0, 0.1) is 11.7 Å². The molecule has 1 atom stereocenters. The number of ketones is 1. The van der Waals surface area contributed by atoms with Crippen molar-refractivity contribution >= 4 is 34.9 Å². The smallest absolute Gasteiger partial charge is 0.313 e. The van der Waals surface area contributed by atoms with Crippen LogP contribution in [0.15, 0.2) is 36.4 Å². The van der Waals surface area contributed by atoms with Crippen LogP contribution in [0.1, 0.15) is 40.2 Å². The van der Waals surface area contributed by atoms with E-state index in [9.17, 15) is 18.8 Å². The molecule has 2 aromatic rings. The Labute approximate surface area is 209 Å². The maximum absolute atomic E-state index is 13.4. The summed E-state index contributed by atoms with van der Waals surface area (Å²) in [6, 6.07) is 9.92. The molecule has 1 saturated heterocycles. The van der Waals surface area contributed by atoms with Crippen LogP contribution in [0.2, 0.25) is 5.02 Å². The van der Waals surface area contributed by atoms with Crippen LogP contribution >= 0.6 is 11.6 Å². The SMILES string of the molecule is CON(C)C(=O)C(=O)C1CN(C)c2cc(Cl)c(C(=O)N3CCC(Cc4ccc(F)cc4)CC3)cc21. The Morgan fingerprint density at radius 1 is 1.14 bits per heavy atom. The van der Waals surface area contributed by atoms with Gasteiger partial charge < -0.3 is 9.80 Å². The number of halogens is 2. The Morgan fingerprint density at radius 2 is 1.80 bits per heavy atom. The standard InChI is InChI=1S/C26H29ClFN3O4/c1-29-15-21(24(32)26(34)30(2)35-3)19-13-20(22(27)14-23(19)29)25(33)31-10-8-17(9-11-31)12-16-4-6-18(28)7-5-16/h4-7,13-14,17,21H,8-12,15H2,1-3H3. The number of Topliss-reactive ketones (excluding diaryl/α,β-unsaturated/α-hetero) is 1. The number of likely N-dealkylation sites (tertiary alicyclic amines) is 1. The van der Waals surface area contributed by atoms with Gasteiger partial charge >= 0.3 is 5.91 Å². The van der Waals surface area contributed by atoms with Crippen LogP contribution in [-0.4, -0.2) is 68.4 Å². The molecular formula is C26H29ClFN3O4. The molecule has 0 bridgehead atoms. The van der Waals surface area contributed by atoms with E-state index in [1.54, 1.807) is 29.2 Å². The highest BCUT2D eigenvalue weighted by molar-refractivity contribution is 6.38. The number of rotatable bonds is 6. The number of benzene rings is 2. The maximum Gasteiger partial charge on any atom is 0.313 e. The van der Waals surface area contributed by atoms with Crippen molar-refractivity contribution in [1.82, 2.24) is 9.96 Å². The van der Waals surface area contributed by atoms with Gasteiger partial charge in [-0.15, -0.1) is 0 Å². The molecule has 1 unspecified atom stereocenters. The van der Waals surface area contributed by atoms with E-state index >= 15 is 0 Å². The highest BCUT2D eigenvalue weighted by Crippen LogP contribution is 2.40. The lowest BCUT2D eigenvalue weighted by Gasteiger charge is -2.32. The van der Waals surface area contributed by atoms with E-state index in [-0.39, 0.29) is 11.7 Å². The fraction of sp³-hybridized carbons (Fsp3) is 0.423. The summed E-state index contributed by atoms with van der Waals surface area (Å²) in [5, 5.41) is 1.22. The number of carbonyl (C=O) groups excluding carboxylic acids is 3. The lowest BCUT2D eigenvalue weighted by atomic mass is 9.89. The zero-order valence-electron chi connectivity index (χ0n) is 20.1. The van der Waals surface area contributed by atoms with E-state index in [0.717, 1.165) is 35.6 Å². The average molecular weight is 502 g/mol. The first-order valence-electron chi connectivity index (χ1n) is 11.6. The van der Waals surface area contributed by atoms with Crippen molar-refractivity contribution in [1.29, 1.82) is 0 Å². The molecule has 4 rings (SSSR count). The van der Waals surface area contributed by atoms with Crippen molar-refractivity contribution in [3.63, 3.8) is 0 Å². The normalized spacial score (nSPS) is 17.9. The van der Waals surface area contributed by atoms with Gasteiger partial charge in [0.25, 0.3) is 5.91 Å². The molecule has 0 aliphatic carbocycles. The van der Waals surface area contributed by atoms with Crippen LogP contribution in [0.5, 0.6) is 0 Å². The Hall–Kier alpha value is -2.97. The molecule has 2 heterocycles. The molecule has 35 heavy (non-hydrogen) atoms. The fourth-order valence-corrected chi connectivity index (χ4v) is 5.14. The minimum atomic E-state index is -0.746. The number of nitrogens with zero attached hydrogens (tertiary/aromatic N) is 3. The summed E-state index contributed by atoms with van der Waals surface area (Å²) in [7, 11) is 4.52. The minimum absolute atomic E-state index is 0.181. The number of fused-ring (bicyclic) bond motifs is 1. The summed E-state index contributed by atoms with van der Waals surface area (Å²) >= 11 is 6.51. The number of carbonyl (C=O) groups is 3. The first kappa shape index (κ1) is 25.1. The Balaban J connectivity index is 1.48. The number of amides is 2. The summed E-state index contributed by atoms with van der Waals surface area (Å²) in [5.74, 6) is -2.05. The van der Waals surface area contributed by atoms with Gasteiger partial charge in [0.05, 0.1) is 23.6 Å². The van der Waals surface area contributed by atoms with Gasteiger partial charge in [-0.3, -0.25) is 19.2 Å².